The first-order valence-electron chi connectivity index (χ1n) is 6.64. The van der Waals surface area contributed by atoms with Gasteiger partial charge in [-0.2, -0.15) is 0 Å². The number of anilines is 1. The molecule has 0 aromatic carbocycles. The standard InChI is InChI=1S/C14H17FN4OS/c1-4-10-7-18-14(21-10)8(2)19-13(20)11-5-9(15)6-17-12(11)16-3/h5-8H,4H2,1-3H3,(H,16,17)(H,19,20). The van der Waals surface area contributed by atoms with Crippen LogP contribution in [0.2, 0.25) is 0 Å². The summed E-state index contributed by atoms with van der Waals surface area (Å²) in [5.74, 6) is -0.587. The highest BCUT2D eigenvalue weighted by molar-refractivity contribution is 7.11. The van der Waals surface area contributed by atoms with E-state index in [1.807, 2.05) is 13.1 Å². The molecule has 2 aromatic heterocycles. The maximum atomic E-state index is 13.3. The summed E-state index contributed by atoms with van der Waals surface area (Å²) in [5, 5.41) is 6.42. The molecule has 2 N–H and O–H groups in total. The van der Waals surface area contributed by atoms with Crippen LogP contribution in [-0.4, -0.2) is 22.9 Å². The predicted molar refractivity (Wildman–Crippen MR) is 81.1 cm³/mol. The van der Waals surface area contributed by atoms with Crippen LogP contribution in [-0.2, 0) is 6.42 Å². The Hall–Kier alpha value is -2.02. The van der Waals surface area contributed by atoms with Crippen LogP contribution in [0.5, 0.6) is 0 Å². The third-order valence-corrected chi connectivity index (χ3v) is 4.30. The van der Waals surface area contributed by atoms with Gasteiger partial charge in [0.15, 0.2) is 0 Å². The van der Waals surface area contributed by atoms with E-state index in [-0.39, 0.29) is 17.5 Å². The third kappa shape index (κ3) is 3.55. The average Bonchev–Trinajstić information content (AvgIpc) is 2.96. The Bertz CT molecular complexity index is 644. The molecular formula is C14H17FN4OS. The Morgan fingerprint density at radius 3 is 2.81 bits per heavy atom. The molecule has 0 bridgehead atoms. The second-order valence-electron chi connectivity index (χ2n) is 4.51. The molecule has 1 atom stereocenters. The molecule has 0 saturated heterocycles. The van der Waals surface area contributed by atoms with Crippen molar-refractivity contribution < 1.29 is 9.18 Å². The molecule has 112 valence electrons. The topological polar surface area (TPSA) is 66.9 Å². The first-order chi connectivity index (χ1) is 10.0. The molecule has 0 fully saturated rings. The lowest BCUT2D eigenvalue weighted by Crippen LogP contribution is -2.27. The van der Waals surface area contributed by atoms with Crippen molar-refractivity contribution in [2.75, 3.05) is 12.4 Å². The summed E-state index contributed by atoms with van der Waals surface area (Å²) >= 11 is 1.56. The number of nitrogens with one attached hydrogen (secondary N) is 2. The van der Waals surface area contributed by atoms with E-state index in [2.05, 4.69) is 27.5 Å². The van der Waals surface area contributed by atoms with E-state index in [0.29, 0.717) is 5.82 Å². The molecule has 0 aliphatic rings. The molecule has 2 rings (SSSR count). The van der Waals surface area contributed by atoms with Crippen LogP contribution in [0.3, 0.4) is 0 Å². The van der Waals surface area contributed by atoms with Crippen molar-refractivity contribution in [1.82, 2.24) is 15.3 Å². The van der Waals surface area contributed by atoms with E-state index in [9.17, 15) is 9.18 Å². The molecule has 2 aromatic rings. The SMILES string of the molecule is CCc1cnc(C(C)NC(=O)c2cc(F)cnc2NC)s1. The molecule has 0 saturated carbocycles. The summed E-state index contributed by atoms with van der Waals surface area (Å²) in [7, 11) is 1.63. The smallest absolute Gasteiger partial charge is 0.255 e. The number of amides is 1. The lowest BCUT2D eigenvalue weighted by atomic mass is 10.2. The van der Waals surface area contributed by atoms with Crippen molar-refractivity contribution in [3.8, 4) is 0 Å². The maximum Gasteiger partial charge on any atom is 0.255 e. The number of aromatic nitrogens is 2. The minimum Gasteiger partial charge on any atom is -0.372 e. The largest absolute Gasteiger partial charge is 0.372 e. The van der Waals surface area contributed by atoms with Crippen LogP contribution >= 0.6 is 11.3 Å². The summed E-state index contributed by atoms with van der Waals surface area (Å²) < 4.78 is 13.3. The fraction of sp³-hybridized carbons (Fsp3) is 0.357. The maximum absolute atomic E-state index is 13.3. The highest BCUT2D eigenvalue weighted by Gasteiger charge is 2.18. The quantitative estimate of drug-likeness (QED) is 0.891. The number of pyridine rings is 1. The molecule has 2 heterocycles. The van der Waals surface area contributed by atoms with Crippen molar-refractivity contribution in [3.63, 3.8) is 0 Å². The summed E-state index contributed by atoms with van der Waals surface area (Å²) in [6, 6.07) is 0.927. The summed E-state index contributed by atoms with van der Waals surface area (Å²) in [6.45, 7) is 3.90. The van der Waals surface area contributed by atoms with Crippen LogP contribution in [0.1, 0.15) is 40.1 Å². The highest BCUT2D eigenvalue weighted by Crippen LogP contribution is 2.21. The number of aryl methyl sites for hydroxylation is 1. The second kappa shape index (κ2) is 6.62. The molecule has 1 amide bonds. The van der Waals surface area contributed by atoms with Gasteiger partial charge in [-0.3, -0.25) is 4.79 Å². The third-order valence-electron chi connectivity index (χ3n) is 2.97. The van der Waals surface area contributed by atoms with Gasteiger partial charge < -0.3 is 10.6 Å². The molecule has 0 aliphatic carbocycles. The highest BCUT2D eigenvalue weighted by atomic mass is 32.1. The van der Waals surface area contributed by atoms with Crippen molar-refractivity contribution >= 4 is 23.1 Å². The van der Waals surface area contributed by atoms with Gasteiger partial charge in [-0.25, -0.2) is 14.4 Å². The van der Waals surface area contributed by atoms with Crippen LogP contribution < -0.4 is 10.6 Å². The van der Waals surface area contributed by atoms with Gasteiger partial charge in [0, 0.05) is 18.1 Å². The normalized spacial score (nSPS) is 12.0. The summed E-state index contributed by atoms with van der Waals surface area (Å²) in [5.41, 5.74) is 0.177. The minimum absolute atomic E-state index is 0.177. The van der Waals surface area contributed by atoms with E-state index in [1.165, 1.54) is 6.07 Å². The molecule has 0 radical (unpaired) electrons. The monoisotopic (exact) mass is 308 g/mol. The molecule has 0 spiro atoms. The number of carbonyl (C=O) groups is 1. The molecule has 5 nitrogen and oxygen atoms in total. The van der Waals surface area contributed by atoms with E-state index in [4.69, 9.17) is 0 Å². The summed E-state index contributed by atoms with van der Waals surface area (Å²) in [4.78, 5) is 21.6. The number of hydrogen-bond donors (Lipinski definition) is 2. The van der Waals surface area contributed by atoms with Crippen molar-refractivity contribution in [2.24, 2.45) is 0 Å². The van der Waals surface area contributed by atoms with Crippen LogP contribution in [0.15, 0.2) is 18.5 Å². The number of halogens is 1. The first kappa shape index (κ1) is 15.4. The molecular weight excluding hydrogens is 291 g/mol. The molecule has 0 aliphatic heterocycles. The Labute approximate surface area is 126 Å². The van der Waals surface area contributed by atoms with E-state index >= 15 is 0 Å². The van der Waals surface area contributed by atoms with Crippen molar-refractivity contribution in [3.05, 3.63) is 39.7 Å². The van der Waals surface area contributed by atoms with Crippen LogP contribution in [0.25, 0.3) is 0 Å². The number of thiazole rings is 1. The fourth-order valence-corrected chi connectivity index (χ4v) is 2.69. The Morgan fingerprint density at radius 2 is 2.19 bits per heavy atom. The van der Waals surface area contributed by atoms with E-state index < -0.39 is 5.82 Å². The van der Waals surface area contributed by atoms with Gasteiger partial charge in [0.1, 0.15) is 16.6 Å². The van der Waals surface area contributed by atoms with Gasteiger partial charge in [-0.05, 0) is 19.4 Å². The first-order valence-corrected chi connectivity index (χ1v) is 7.45. The lowest BCUT2D eigenvalue weighted by molar-refractivity contribution is 0.0940. The predicted octanol–water partition coefficient (Wildman–Crippen LogP) is 2.77. The van der Waals surface area contributed by atoms with Gasteiger partial charge in [0.2, 0.25) is 0 Å². The fourth-order valence-electron chi connectivity index (χ4n) is 1.83. The number of carbonyl (C=O) groups excluding carboxylic acids is 1. The molecule has 7 heteroatoms. The number of nitrogens with zero attached hydrogens (tertiary/aromatic N) is 2. The van der Waals surface area contributed by atoms with Crippen molar-refractivity contribution in [1.29, 1.82) is 0 Å². The van der Waals surface area contributed by atoms with E-state index in [0.717, 1.165) is 22.5 Å². The van der Waals surface area contributed by atoms with Crippen LogP contribution in [0, 0.1) is 5.82 Å². The zero-order valence-corrected chi connectivity index (χ0v) is 12.9. The lowest BCUT2D eigenvalue weighted by Gasteiger charge is -2.13. The molecule has 1 unspecified atom stereocenters. The van der Waals surface area contributed by atoms with Gasteiger partial charge in [0.05, 0.1) is 17.8 Å². The Balaban J connectivity index is 2.15. The average molecular weight is 308 g/mol. The zero-order valence-electron chi connectivity index (χ0n) is 12.1. The minimum atomic E-state index is -0.547. The van der Waals surface area contributed by atoms with Crippen molar-refractivity contribution in [2.45, 2.75) is 26.3 Å². The van der Waals surface area contributed by atoms with Gasteiger partial charge in [-0.1, -0.05) is 6.92 Å². The van der Waals surface area contributed by atoms with E-state index in [1.54, 1.807) is 18.4 Å². The zero-order chi connectivity index (χ0) is 15.4. The Morgan fingerprint density at radius 1 is 1.43 bits per heavy atom. The Kier molecular flexibility index (Phi) is 4.85. The van der Waals surface area contributed by atoms with Crippen LogP contribution in [0.4, 0.5) is 10.2 Å². The summed E-state index contributed by atoms with van der Waals surface area (Å²) in [6.07, 6.45) is 3.79. The van der Waals surface area contributed by atoms with Gasteiger partial charge >= 0.3 is 0 Å². The molecule has 21 heavy (non-hydrogen) atoms. The number of hydrogen-bond acceptors (Lipinski definition) is 5. The number of rotatable bonds is 5. The van der Waals surface area contributed by atoms with Gasteiger partial charge in [0.25, 0.3) is 5.91 Å². The van der Waals surface area contributed by atoms with Gasteiger partial charge in [-0.15, -0.1) is 11.3 Å². The second-order valence-corrected chi connectivity index (χ2v) is 5.66.